The minimum absolute atomic E-state index is 0.0192. The van der Waals surface area contributed by atoms with Gasteiger partial charge in [-0.2, -0.15) is 0 Å². The highest BCUT2D eigenvalue weighted by molar-refractivity contribution is 5.91. The molecule has 0 heterocycles. The molecule has 0 amide bonds. The fourth-order valence-corrected chi connectivity index (χ4v) is 2.25. The fraction of sp³-hybridized carbons (Fsp3) is 0.692. The van der Waals surface area contributed by atoms with Crippen molar-refractivity contribution in [2.75, 3.05) is 13.7 Å². The van der Waals surface area contributed by atoms with Gasteiger partial charge in [-0.3, -0.25) is 4.79 Å². The van der Waals surface area contributed by atoms with Gasteiger partial charge in [-0.25, -0.2) is 4.79 Å². The Morgan fingerprint density at radius 1 is 1.29 bits per heavy atom. The minimum atomic E-state index is -0.324. The summed E-state index contributed by atoms with van der Waals surface area (Å²) in [6.45, 7) is 6.29. The lowest BCUT2D eigenvalue weighted by Crippen LogP contribution is -2.09. The Morgan fingerprint density at radius 3 is 2.47 bits per heavy atom. The molecule has 0 spiro atoms. The van der Waals surface area contributed by atoms with Crippen LogP contribution in [0.15, 0.2) is 11.1 Å². The van der Waals surface area contributed by atoms with Crippen molar-refractivity contribution in [2.45, 2.75) is 40.0 Å². The summed E-state index contributed by atoms with van der Waals surface area (Å²) in [6, 6.07) is 0. The van der Waals surface area contributed by atoms with E-state index in [1.54, 1.807) is 6.92 Å². The predicted octanol–water partition coefficient (Wildman–Crippen LogP) is 2.23. The van der Waals surface area contributed by atoms with Crippen molar-refractivity contribution in [1.82, 2.24) is 0 Å². The number of hydrogen-bond acceptors (Lipinski definition) is 4. The molecule has 0 aromatic carbocycles. The Morgan fingerprint density at radius 2 is 1.94 bits per heavy atom. The normalized spacial score (nSPS) is 18.1. The molecule has 0 fully saturated rings. The second kappa shape index (κ2) is 5.34. The molecule has 0 radical (unpaired) electrons. The lowest BCUT2D eigenvalue weighted by molar-refractivity contribution is -0.142. The molecule has 1 aliphatic rings. The third-order valence-corrected chi connectivity index (χ3v) is 2.87. The Bertz CT molecular complexity index is 352. The second-order valence-electron chi connectivity index (χ2n) is 5.07. The van der Waals surface area contributed by atoms with E-state index >= 15 is 0 Å². The lowest BCUT2D eigenvalue weighted by Gasteiger charge is -2.16. The summed E-state index contributed by atoms with van der Waals surface area (Å²) in [5.41, 5.74) is 1.52. The Hall–Kier alpha value is -1.32. The van der Waals surface area contributed by atoms with Crippen molar-refractivity contribution in [3.8, 4) is 0 Å². The lowest BCUT2D eigenvalue weighted by atomic mass is 9.88. The SMILES string of the molecule is CCOC(=O)CC1=C(C(=O)OC)CC(C)(C)C1. The third kappa shape index (κ3) is 3.58. The summed E-state index contributed by atoms with van der Waals surface area (Å²) < 4.78 is 9.66. The molecule has 0 N–H and O–H groups in total. The zero-order chi connectivity index (χ0) is 13.1. The first-order valence-electron chi connectivity index (χ1n) is 5.84. The highest BCUT2D eigenvalue weighted by Crippen LogP contribution is 2.42. The fourth-order valence-electron chi connectivity index (χ4n) is 2.25. The molecule has 0 aromatic rings. The van der Waals surface area contributed by atoms with Crippen molar-refractivity contribution in [3.05, 3.63) is 11.1 Å². The van der Waals surface area contributed by atoms with Gasteiger partial charge in [-0.1, -0.05) is 13.8 Å². The molecule has 0 atom stereocenters. The van der Waals surface area contributed by atoms with Crippen LogP contribution in [0.25, 0.3) is 0 Å². The topological polar surface area (TPSA) is 52.6 Å². The number of rotatable bonds is 4. The van der Waals surface area contributed by atoms with Crippen LogP contribution in [0.2, 0.25) is 0 Å². The van der Waals surface area contributed by atoms with Crippen molar-refractivity contribution < 1.29 is 19.1 Å². The van der Waals surface area contributed by atoms with Gasteiger partial charge in [0, 0.05) is 5.57 Å². The van der Waals surface area contributed by atoms with Gasteiger partial charge in [0.2, 0.25) is 0 Å². The third-order valence-electron chi connectivity index (χ3n) is 2.87. The van der Waals surface area contributed by atoms with E-state index in [1.807, 2.05) is 0 Å². The Kier molecular flexibility index (Phi) is 4.32. The van der Waals surface area contributed by atoms with Gasteiger partial charge in [-0.15, -0.1) is 0 Å². The zero-order valence-corrected chi connectivity index (χ0v) is 11.0. The quantitative estimate of drug-likeness (QED) is 0.707. The largest absolute Gasteiger partial charge is 0.466 e. The number of esters is 2. The molecular weight excluding hydrogens is 220 g/mol. The number of methoxy groups -OCH3 is 1. The van der Waals surface area contributed by atoms with Crippen LogP contribution in [0.3, 0.4) is 0 Å². The van der Waals surface area contributed by atoms with Crippen LogP contribution < -0.4 is 0 Å². The van der Waals surface area contributed by atoms with Gasteiger partial charge in [0.05, 0.1) is 20.1 Å². The van der Waals surface area contributed by atoms with E-state index in [1.165, 1.54) is 7.11 Å². The van der Waals surface area contributed by atoms with Crippen LogP contribution in [-0.2, 0) is 19.1 Å². The minimum Gasteiger partial charge on any atom is -0.466 e. The molecule has 0 aromatic heterocycles. The van der Waals surface area contributed by atoms with Gasteiger partial charge >= 0.3 is 11.9 Å². The molecule has 0 saturated carbocycles. The van der Waals surface area contributed by atoms with Gasteiger partial charge < -0.3 is 9.47 Å². The van der Waals surface area contributed by atoms with E-state index < -0.39 is 0 Å². The van der Waals surface area contributed by atoms with E-state index in [0.29, 0.717) is 18.6 Å². The average molecular weight is 240 g/mol. The van der Waals surface area contributed by atoms with Gasteiger partial charge in [-0.05, 0) is 30.8 Å². The van der Waals surface area contributed by atoms with E-state index in [4.69, 9.17) is 9.47 Å². The standard InChI is InChI=1S/C13H20O4/c1-5-17-11(14)6-9-7-13(2,3)8-10(9)12(15)16-4/h5-8H2,1-4H3. The van der Waals surface area contributed by atoms with Crippen molar-refractivity contribution in [3.63, 3.8) is 0 Å². The van der Waals surface area contributed by atoms with E-state index in [2.05, 4.69) is 13.8 Å². The summed E-state index contributed by atoms with van der Waals surface area (Å²) in [5, 5.41) is 0. The van der Waals surface area contributed by atoms with Gasteiger partial charge in [0.25, 0.3) is 0 Å². The van der Waals surface area contributed by atoms with Crippen LogP contribution >= 0.6 is 0 Å². The zero-order valence-electron chi connectivity index (χ0n) is 11.0. The molecule has 0 aliphatic heterocycles. The maximum absolute atomic E-state index is 11.6. The first kappa shape index (κ1) is 13.7. The summed E-state index contributed by atoms with van der Waals surface area (Å²) in [5.74, 6) is -0.600. The van der Waals surface area contributed by atoms with Crippen LogP contribution in [-0.4, -0.2) is 25.7 Å². The summed E-state index contributed by atoms with van der Waals surface area (Å²) in [7, 11) is 1.36. The van der Waals surface area contributed by atoms with Crippen molar-refractivity contribution in [1.29, 1.82) is 0 Å². The van der Waals surface area contributed by atoms with Crippen LogP contribution in [0.5, 0.6) is 0 Å². The predicted molar refractivity (Wildman–Crippen MR) is 63.3 cm³/mol. The first-order valence-corrected chi connectivity index (χ1v) is 5.84. The van der Waals surface area contributed by atoms with E-state index in [9.17, 15) is 9.59 Å². The number of ether oxygens (including phenoxy) is 2. The molecule has 0 unspecified atom stereocenters. The monoisotopic (exact) mass is 240 g/mol. The van der Waals surface area contributed by atoms with Crippen LogP contribution in [0, 0.1) is 5.41 Å². The van der Waals surface area contributed by atoms with Crippen molar-refractivity contribution in [2.24, 2.45) is 5.41 Å². The number of hydrogen-bond donors (Lipinski definition) is 0. The Labute approximate surface area is 102 Å². The molecule has 4 nitrogen and oxygen atoms in total. The second-order valence-corrected chi connectivity index (χ2v) is 5.07. The Balaban J connectivity index is 2.82. The van der Waals surface area contributed by atoms with E-state index in [-0.39, 0.29) is 23.8 Å². The molecule has 1 aliphatic carbocycles. The molecule has 4 heteroatoms. The highest BCUT2D eigenvalue weighted by Gasteiger charge is 2.35. The molecule has 17 heavy (non-hydrogen) atoms. The molecule has 0 saturated heterocycles. The maximum atomic E-state index is 11.6. The van der Waals surface area contributed by atoms with E-state index in [0.717, 1.165) is 12.0 Å². The van der Waals surface area contributed by atoms with Gasteiger partial charge in [0.1, 0.15) is 0 Å². The summed E-state index contributed by atoms with van der Waals surface area (Å²) in [6.07, 6.45) is 1.60. The highest BCUT2D eigenvalue weighted by atomic mass is 16.5. The molecule has 96 valence electrons. The van der Waals surface area contributed by atoms with Gasteiger partial charge in [0.15, 0.2) is 0 Å². The molecular formula is C13H20O4. The van der Waals surface area contributed by atoms with Crippen LogP contribution in [0.4, 0.5) is 0 Å². The molecule has 0 bridgehead atoms. The maximum Gasteiger partial charge on any atom is 0.333 e. The van der Waals surface area contributed by atoms with Crippen molar-refractivity contribution >= 4 is 11.9 Å². The molecule has 1 rings (SSSR count). The summed E-state index contributed by atoms with van der Waals surface area (Å²) >= 11 is 0. The first-order chi connectivity index (χ1) is 7.89. The van der Waals surface area contributed by atoms with Crippen LogP contribution in [0.1, 0.15) is 40.0 Å². The summed E-state index contributed by atoms with van der Waals surface area (Å²) in [4.78, 5) is 23.1. The average Bonchev–Trinajstić information content (AvgIpc) is 2.53. The number of carbonyl (C=O) groups excluding carboxylic acids is 2. The number of carbonyl (C=O) groups is 2. The smallest absolute Gasteiger partial charge is 0.333 e.